The average molecular weight is 780 g/mol. The van der Waals surface area contributed by atoms with Crippen molar-refractivity contribution in [3.8, 4) is 44.5 Å². The quantitative estimate of drug-likeness (QED) is 0.161. The molecule has 12 rings (SSSR count). The van der Waals surface area contributed by atoms with Crippen LogP contribution in [0.3, 0.4) is 0 Å². The maximum absolute atomic E-state index is 7.06. The molecule has 0 saturated heterocycles. The Hall–Kier alpha value is -8.14. The second-order valence-corrected chi connectivity index (χ2v) is 15.6. The number of nitrogens with zero attached hydrogens (tertiary/aromatic N) is 1. The van der Waals surface area contributed by atoms with Crippen LogP contribution in [0.25, 0.3) is 99.2 Å². The first kappa shape index (κ1) is 34.9. The van der Waals surface area contributed by atoms with E-state index < -0.39 is 0 Å². The van der Waals surface area contributed by atoms with Crippen molar-refractivity contribution in [3.05, 3.63) is 224 Å². The number of hydrogen-bond donors (Lipinski definition) is 0. The third kappa shape index (κ3) is 5.82. The fraction of sp³-hybridized carbons (Fsp3) is 0. The van der Waals surface area contributed by atoms with Gasteiger partial charge in [0.1, 0.15) is 22.3 Å². The highest BCUT2D eigenvalue weighted by atomic mass is 16.3. The van der Waals surface area contributed by atoms with Crippen molar-refractivity contribution < 1.29 is 8.83 Å². The van der Waals surface area contributed by atoms with Gasteiger partial charge in [-0.05, 0) is 81.2 Å². The molecule has 12 aromatic rings. The molecule has 0 aliphatic carbocycles. The van der Waals surface area contributed by atoms with Gasteiger partial charge in [0.15, 0.2) is 0 Å². The van der Waals surface area contributed by atoms with Gasteiger partial charge in [0.2, 0.25) is 0 Å². The van der Waals surface area contributed by atoms with Crippen molar-refractivity contribution in [3.63, 3.8) is 0 Å². The van der Waals surface area contributed by atoms with Crippen LogP contribution < -0.4 is 4.90 Å². The van der Waals surface area contributed by atoms with Crippen LogP contribution in [-0.2, 0) is 0 Å². The van der Waals surface area contributed by atoms with Crippen molar-refractivity contribution in [1.29, 1.82) is 0 Å². The first-order valence-electron chi connectivity index (χ1n) is 20.7. The summed E-state index contributed by atoms with van der Waals surface area (Å²) in [6.45, 7) is 0. The second-order valence-electron chi connectivity index (χ2n) is 15.6. The van der Waals surface area contributed by atoms with E-state index >= 15 is 0 Å². The largest absolute Gasteiger partial charge is 0.455 e. The second kappa shape index (κ2) is 14.3. The van der Waals surface area contributed by atoms with Gasteiger partial charge in [-0.3, -0.25) is 0 Å². The van der Waals surface area contributed by atoms with Crippen LogP contribution in [0.4, 0.5) is 17.1 Å². The van der Waals surface area contributed by atoms with Gasteiger partial charge in [0, 0.05) is 44.0 Å². The molecule has 0 spiro atoms. The number of fused-ring (bicyclic) bond motifs is 8. The minimum absolute atomic E-state index is 0.835. The molecule has 61 heavy (non-hydrogen) atoms. The lowest BCUT2D eigenvalue weighted by atomic mass is 9.93. The summed E-state index contributed by atoms with van der Waals surface area (Å²) in [7, 11) is 0. The summed E-state index contributed by atoms with van der Waals surface area (Å²) in [5.74, 6) is 0. The Balaban J connectivity index is 1.05. The molecule has 0 unspecified atom stereocenters. The van der Waals surface area contributed by atoms with Crippen molar-refractivity contribution in [2.75, 3.05) is 4.90 Å². The van der Waals surface area contributed by atoms with Gasteiger partial charge in [0.05, 0.1) is 11.1 Å². The summed E-state index contributed by atoms with van der Waals surface area (Å²) >= 11 is 0. The number of benzene rings is 10. The van der Waals surface area contributed by atoms with Gasteiger partial charge in [-0.2, -0.15) is 0 Å². The Bertz CT molecular complexity index is 3550. The van der Waals surface area contributed by atoms with Crippen molar-refractivity contribution >= 4 is 71.7 Å². The number of anilines is 3. The minimum Gasteiger partial charge on any atom is -0.455 e. The highest BCUT2D eigenvalue weighted by Crippen LogP contribution is 2.48. The molecule has 0 atom stereocenters. The number of furan rings is 2. The SMILES string of the molecule is c1ccc(-c2ccc(-c3cccc4c3oc3c(-c5cc6c(oc7cccc(N(c8ccccc8)c8ccc(-c9ccccc9)cc8)c76)c6ccccc56)cccc34)cc2)cc1. The van der Waals surface area contributed by atoms with Crippen LogP contribution in [0.1, 0.15) is 0 Å². The zero-order chi connectivity index (χ0) is 40.3. The molecule has 286 valence electrons. The molecule has 0 bridgehead atoms. The van der Waals surface area contributed by atoms with Gasteiger partial charge in [0.25, 0.3) is 0 Å². The van der Waals surface area contributed by atoms with E-state index in [1.165, 1.54) is 22.3 Å². The van der Waals surface area contributed by atoms with Gasteiger partial charge in [-0.25, -0.2) is 0 Å². The maximum atomic E-state index is 7.06. The number of rotatable bonds is 7. The summed E-state index contributed by atoms with van der Waals surface area (Å²) in [6, 6.07) is 79.6. The Morgan fingerprint density at radius 2 is 0.754 bits per heavy atom. The molecule has 0 aliphatic heterocycles. The molecule has 3 heteroatoms. The molecule has 0 aliphatic rings. The Labute approximate surface area is 353 Å². The number of para-hydroxylation sites is 3. The number of hydrogen-bond acceptors (Lipinski definition) is 3. The van der Waals surface area contributed by atoms with Crippen LogP contribution in [0.15, 0.2) is 233 Å². The zero-order valence-electron chi connectivity index (χ0n) is 33.1. The third-order valence-corrected chi connectivity index (χ3v) is 12.1. The minimum atomic E-state index is 0.835. The standard InChI is InChI=1S/C58H37NO2/c1-4-15-38(16-5-1)40-29-31-42(32-30-40)45-23-12-24-48-49-25-13-26-50(57(49)61-56(45)48)51-37-52-55-53(27-14-28-54(55)60-58(52)47-22-11-10-21-46(47)51)59(43-19-8-3-9-20-43)44-35-33-41(34-36-44)39-17-6-2-7-18-39/h1-37H. The van der Waals surface area contributed by atoms with Gasteiger partial charge in [-0.15, -0.1) is 0 Å². The lowest BCUT2D eigenvalue weighted by Crippen LogP contribution is -2.10. The van der Waals surface area contributed by atoms with E-state index in [4.69, 9.17) is 8.83 Å². The van der Waals surface area contributed by atoms with Crippen molar-refractivity contribution in [1.82, 2.24) is 0 Å². The van der Waals surface area contributed by atoms with Crippen LogP contribution in [0.2, 0.25) is 0 Å². The van der Waals surface area contributed by atoms with Crippen LogP contribution in [0.5, 0.6) is 0 Å². The van der Waals surface area contributed by atoms with E-state index in [1.54, 1.807) is 0 Å². The van der Waals surface area contributed by atoms with E-state index in [0.29, 0.717) is 0 Å². The fourth-order valence-corrected chi connectivity index (χ4v) is 9.21. The van der Waals surface area contributed by atoms with Crippen molar-refractivity contribution in [2.24, 2.45) is 0 Å². The molecule has 0 saturated carbocycles. The fourth-order valence-electron chi connectivity index (χ4n) is 9.21. The lowest BCUT2D eigenvalue weighted by Gasteiger charge is -2.26. The molecule has 10 aromatic carbocycles. The molecule has 3 nitrogen and oxygen atoms in total. The van der Waals surface area contributed by atoms with E-state index in [0.717, 1.165) is 94.0 Å². The molecule has 0 amide bonds. The molecular weight excluding hydrogens is 743 g/mol. The first-order valence-corrected chi connectivity index (χ1v) is 20.7. The highest BCUT2D eigenvalue weighted by Gasteiger charge is 2.23. The lowest BCUT2D eigenvalue weighted by molar-refractivity contribution is 0.670. The molecule has 2 aromatic heterocycles. The molecule has 0 N–H and O–H groups in total. The monoisotopic (exact) mass is 779 g/mol. The van der Waals surface area contributed by atoms with Crippen LogP contribution >= 0.6 is 0 Å². The summed E-state index contributed by atoms with van der Waals surface area (Å²) in [6.07, 6.45) is 0. The van der Waals surface area contributed by atoms with Gasteiger partial charge in [-0.1, -0.05) is 182 Å². The predicted octanol–water partition coefficient (Wildman–Crippen LogP) is 16.8. The Morgan fingerprint density at radius 3 is 1.43 bits per heavy atom. The maximum Gasteiger partial charge on any atom is 0.143 e. The third-order valence-electron chi connectivity index (χ3n) is 12.1. The summed E-state index contributed by atoms with van der Waals surface area (Å²) < 4.78 is 13.9. The average Bonchev–Trinajstić information content (AvgIpc) is 3.92. The normalized spacial score (nSPS) is 11.6. The smallest absolute Gasteiger partial charge is 0.143 e. The van der Waals surface area contributed by atoms with Crippen LogP contribution in [0, 0.1) is 0 Å². The summed E-state index contributed by atoms with van der Waals surface area (Å²) in [5, 5.41) is 6.46. The van der Waals surface area contributed by atoms with Gasteiger partial charge < -0.3 is 13.7 Å². The highest BCUT2D eigenvalue weighted by molar-refractivity contribution is 6.24. The summed E-state index contributed by atoms with van der Waals surface area (Å²) in [5.41, 5.74) is 15.7. The topological polar surface area (TPSA) is 29.5 Å². The molecule has 2 heterocycles. The van der Waals surface area contributed by atoms with Crippen molar-refractivity contribution in [2.45, 2.75) is 0 Å². The predicted molar refractivity (Wildman–Crippen MR) is 255 cm³/mol. The van der Waals surface area contributed by atoms with E-state index in [-0.39, 0.29) is 0 Å². The van der Waals surface area contributed by atoms with E-state index in [1.807, 2.05) is 0 Å². The molecule has 0 fully saturated rings. The van der Waals surface area contributed by atoms with E-state index in [2.05, 4.69) is 229 Å². The molecule has 0 radical (unpaired) electrons. The summed E-state index contributed by atoms with van der Waals surface area (Å²) in [4.78, 5) is 2.34. The zero-order valence-corrected chi connectivity index (χ0v) is 33.1. The van der Waals surface area contributed by atoms with Gasteiger partial charge >= 0.3 is 0 Å². The van der Waals surface area contributed by atoms with Crippen LogP contribution in [-0.4, -0.2) is 0 Å². The first-order chi connectivity index (χ1) is 30.3. The van der Waals surface area contributed by atoms with E-state index in [9.17, 15) is 0 Å². The Morgan fingerprint density at radius 1 is 0.279 bits per heavy atom. The molecular formula is C58H37NO2. The Kier molecular flexibility index (Phi) is 8.17.